The first-order valence-corrected chi connectivity index (χ1v) is 17.4. The van der Waals surface area contributed by atoms with Crippen LogP contribution in [0.3, 0.4) is 0 Å². The molecule has 0 unspecified atom stereocenters. The lowest BCUT2D eigenvalue weighted by molar-refractivity contribution is -0.143. The molecule has 0 rings (SSSR count). The zero-order chi connectivity index (χ0) is 41.3. The lowest BCUT2D eigenvalue weighted by atomic mass is 9.99. The van der Waals surface area contributed by atoms with Crippen LogP contribution in [0.4, 0.5) is 0 Å². The Morgan fingerprint density at radius 2 is 0.981 bits per heavy atom. The number of nitrogens with one attached hydrogen (secondary N) is 6. The summed E-state index contributed by atoms with van der Waals surface area (Å²) in [5, 5.41) is 34.3. The Morgan fingerprint density at radius 1 is 0.547 bits per heavy atom. The van der Waals surface area contributed by atoms with E-state index in [4.69, 9.17) is 17.2 Å². The van der Waals surface area contributed by atoms with Crippen LogP contribution in [0.5, 0.6) is 0 Å². The molecule has 8 atom stereocenters. The molecule has 0 spiro atoms. The number of primary amides is 2. The average molecular weight is 758 g/mol. The van der Waals surface area contributed by atoms with Crippen LogP contribution in [-0.2, 0) is 43.2 Å². The van der Waals surface area contributed by atoms with Crippen LogP contribution in [0.25, 0.3) is 0 Å². The van der Waals surface area contributed by atoms with E-state index in [1.165, 1.54) is 13.8 Å². The number of nitrogens with two attached hydrogens (primary N) is 3. The van der Waals surface area contributed by atoms with Crippen molar-refractivity contribution in [3.63, 3.8) is 0 Å². The summed E-state index contributed by atoms with van der Waals surface area (Å²) in [5.41, 5.74) is 16.2. The Labute approximate surface area is 309 Å². The average Bonchev–Trinajstić information content (AvgIpc) is 3.02. The maximum atomic E-state index is 13.4. The second-order valence-electron chi connectivity index (χ2n) is 14.3. The third kappa shape index (κ3) is 18.5. The molecule has 0 fully saturated rings. The zero-order valence-corrected chi connectivity index (χ0v) is 31.7. The molecule has 0 bridgehead atoms. The normalized spacial score (nSPS) is 15.8. The van der Waals surface area contributed by atoms with E-state index < -0.39 is 114 Å². The van der Waals surface area contributed by atoms with Crippen LogP contribution in [0, 0.1) is 17.8 Å². The first-order valence-electron chi connectivity index (χ1n) is 17.4. The maximum Gasteiger partial charge on any atom is 0.326 e. The quantitative estimate of drug-likeness (QED) is 0.0459. The molecule has 0 heterocycles. The molecule has 0 saturated carbocycles. The molecule has 0 aromatic heterocycles. The SMILES string of the molecule is CC(C)C[C@H](NC(=O)[C@H](C)NC(=O)[C@@H](N)CCC(N)=O)C(=O)N[C@@H](CC(N)=O)C(=O)N[C@H](C(=O)N[C@@H](CC(C)C)C(=O)N[C@H](C(=O)O)C(C)C)[C@@H](C)O. The van der Waals surface area contributed by atoms with Gasteiger partial charge in [-0.15, -0.1) is 0 Å². The van der Waals surface area contributed by atoms with E-state index in [2.05, 4.69) is 31.9 Å². The fourth-order valence-electron chi connectivity index (χ4n) is 4.89. The summed E-state index contributed by atoms with van der Waals surface area (Å²) >= 11 is 0. The number of amides is 8. The second kappa shape index (κ2) is 22.9. The molecule has 302 valence electrons. The van der Waals surface area contributed by atoms with Crippen molar-refractivity contribution in [3.8, 4) is 0 Å². The molecule has 20 heteroatoms. The number of rotatable bonds is 24. The van der Waals surface area contributed by atoms with Gasteiger partial charge in [0, 0.05) is 6.42 Å². The van der Waals surface area contributed by atoms with Crippen LogP contribution >= 0.6 is 0 Å². The molecule has 20 nitrogen and oxygen atoms in total. The molecule has 14 N–H and O–H groups in total. The van der Waals surface area contributed by atoms with Crippen LogP contribution in [0.1, 0.15) is 87.5 Å². The molecular formula is C33H59N9O11. The monoisotopic (exact) mass is 757 g/mol. The predicted octanol–water partition coefficient (Wildman–Crippen LogP) is -3.40. The van der Waals surface area contributed by atoms with Crippen LogP contribution in [0.2, 0.25) is 0 Å². The van der Waals surface area contributed by atoms with E-state index in [1.807, 2.05) is 0 Å². The molecule has 0 aromatic rings. The van der Waals surface area contributed by atoms with Crippen molar-refractivity contribution < 1.29 is 53.4 Å². The molecule has 0 radical (unpaired) electrons. The van der Waals surface area contributed by atoms with Gasteiger partial charge in [-0.2, -0.15) is 0 Å². The number of carboxylic acid groups (broad SMARTS) is 1. The van der Waals surface area contributed by atoms with Gasteiger partial charge in [-0.3, -0.25) is 38.4 Å². The highest BCUT2D eigenvalue weighted by Gasteiger charge is 2.36. The smallest absolute Gasteiger partial charge is 0.326 e. The summed E-state index contributed by atoms with van der Waals surface area (Å²) in [6, 6.07) is -9.56. The van der Waals surface area contributed by atoms with Crippen LogP contribution in [-0.4, -0.2) is 112 Å². The molecule has 53 heavy (non-hydrogen) atoms. The summed E-state index contributed by atoms with van der Waals surface area (Å²) < 4.78 is 0. The number of carbonyl (C=O) groups is 9. The third-order valence-electron chi connectivity index (χ3n) is 7.80. The van der Waals surface area contributed by atoms with Gasteiger partial charge in [0.15, 0.2) is 0 Å². The Hall–Kier alpha value is -4.85. The van der Waals surface area contributed by atoms with Crippen molar-refractivity contribution in [1.82, 2.24) is 31.9 Å². The minimum absolute atomic E-state index is 0.0405. The van der Waals surface area contributed by atoms with E-state index in [0.717, 1.165) is 0 Å². The largest absolute Gasteiger partial charge is 0.480 e. The van der Waals surface area contributed by atoms with E-state index >= 15 is 0 Å². The number of hydrogen-bond acceptors (Lipinski definition) is 11. The van der Waals surface area contributed by atoms with Gasteiger partial charge < -0.3 is 59.3 Å². The van der Waals surface area contributed by atoms with Crippen molar-refractivity contribution in [3.05, 3.63) is 0 Å². The summed E-state index contributed by atoms with van der Waals surface area (Å²) in [7, 11) is 0. The van der Waals surface area contributed by atoms with Gasteiger partial charge in [-0.1, -0.05) is 41.5 Å². The van der Waals surface area contributed by atoms with Gasteiger partial charge in [-0.25, -0.2) is 4.79 Å². The molecule has 8 amide bonds. The summed E-state index contributed by atoms with van der Waals surface area (Å²) in [5.74, 6) is -9.22. The number of aliphatic hydroxyl groups excluding tert-OH is 1. The first kappa shape index (κ1) is 48.1. The van der Waals surface area contributed by atoms with Crippen molar-refractivity contribution in [1.29, 1.82) is 0 Å². The summed E-state index contributed by atoms with van der Waals surface area (Å²) in [4.78, 5) is 113. The van der Waals surface area contributed by atoms with Gasteiger partial charge in [0.1, 0.15) is 36.3 Å². The fourth-order valence-corrected chi connectivity index (χ4v) is 4.89. The minimum atomic E-state index is -1.72. The number of hydrogen-bond donors (Lipinski definition) is 11. The maximum absolute atomic E-state index is 13.4. The van der Waals surface area contributed by atoms with Crippen LogP contribution in [0.15, 0.2) is 0 Å². The van der Waals surface area contributed by atoms with Gasteiger partial charge in [0.2, 0.25) is 47.3 Å². The highest BCUT2D eigenvalue weighted by atomic mass is 16.4. The van der Waals surface area contributed by atoms with Crippen molar-refractivity contribution >= 4 is 53.2 Å². The number of carboxylic acids is 1. The molecular weight excluding hydrogens is 698 g/mol. The minimum Gasteiger partial charge on any atom is -0.480 e. The highest BCUT2D eigenvalue weighted by Crippen LogP contribution is 2.10. The number of carbonyl (C=O) groups excluding carboxylic acids is 8. The van der Waals surface area contributed by atoms with E-state index in [0.29, 0.717) is 0 Å². The second-order valence-corrected chi connectivity index (χ2v) is 14.3. The molecule has 0 aromatic carbocycles. The van der Waals surface area contributed by atoms with E-state index in [-0.39, 0.29) is 37.5 Å². The summed E-state index contributed by atoms with van der Waals surface area (Å²) in [6.45, 7) is 12.7. The number of aliphatic hydroxyl groups is 1. The topological polar surface area (TPSA) is 344 Å². The van der Waals surface area contributed by atoms with E-state index in [9.17, 15) is 53.4 Å². The van der Waals surface area contributed by atoms with Gasteiger partial charge >= 0.3 is 5.97 Å². The highest BCUT2D eigenvalue weighted by molar-refractivity contribution is 5.98. The number of aliphatic carboxylic acids is 1. The zero-order valence-electron chi connectivity index (χ0n) is 31.7. The van der Waals surface area contributed by atoms with Gasteiger partial charge in [0.05, 0.1) is 18.6 Å². The van der Waals surface area contributed by atoms with Gasteiger partial charge in [0.25, 0.3) is 0 Å². The summed E-state index contributed by atoms with van der Waals surface area (Å²) in [6.07, 6.45) is -2.43. The Kier molecular flexibility index (Phi) is 20.8. The van der Waals surface area contributed by atoms with Crippen molar-refractivity contribution in [2.45, 2.75) is 136 Å². The first-order chi connectivity index (χ1) is 24.4. The van der Waals surface area contributed by atoms with E-state index in [1.54, 1.807) is 41.5 Å². The lowest BCUT2D eigenvalue weighted by Gasteiger charge is -2.29. The molecule has 0 aliphatic rings. The Balaban J connectivity index is 6.04. The molecule has 0 saturated heterocycles. The predicted molar refractivity (Wildman–Crippen MR) is 191 cm³/mol. The fraction of sp³-hybridized carbons (Fsp3) is 0.727. The molecule has 0 aliphatic heterocycles. The standard InChI is InChI=1S/C33H59N9O11/c1-14(2)11-20(38-27(46)17(7)37-28(47)19(34)9-10-23(35)44)29(48)39-22(13-24(36)45)31(50)42-26(18(8)43)32(51)40-21(12-15(3)4)30(49)41-25(16(5)6)33(52)53/h14-22,25-26,43H,9-13,34H2,1-8H3,(H2,35,44)(H2,36,45)(H,37,47)(H,38,46)(H,39,48)(H,40,51)(H,41,49)(H,42,50)(H,52,53)/t17-,18+,19-,20-,21-,22-,25-,26-/m0/s1. The Morgan fingerprint density at radius 3 is 1.40 bits per heavy atom. The van der Waals surface area contributed by atoms with Crippen LogP contribution < -0.4 is 49.1 Å². The lowest BCUT2D eigenvalue weighted by Crippen LogP contribution is -2.62. The molecule has 0 aliphatic carbocycles. The third-order valence-corrected chi connectivity index (χ3v) is 7.80. The van der Waals surface area contributed by atoms with Crippen molar-refractivity contribution in [2.75, 3.05) is 0 Å². The Bertz CT molecular complexity index is 1320. The van der Waals surface area contributed by atoms with Gasteiger partial charge in [-0.05, 0) is 50.9 Å². The van der Waals surface area contributed by atoms with Crippen molar-refractivity contribution in [2.24, 2.45) is 35.0 Å².